The van der Waals surface area contributed by atoms with E-state index >= 15 is 0 Å². The maximum Gasteiger partial charge on any atom is 0.271 e. The zero-order valence-corrected chi connectivity index (χ0v) is 22.1. The minimum absolute atomic E-state index is 0.139. The quantitative estimate of drug-likeness (QED) is 0.392. The second-order valence-corrected chi connectivity index (χ2v) is 11.0. The molecule has 34 heavy (non-hydrogen) atoms. The number of nitrogens with zero attached hydrogens (tertiary/aromatic N) is 3. The maximum atomic E-state index is 13.1. The molecule has 2 aromatic carbocycles. The molecular weight excluding hydrogens is 486 g/mol. The van der Waals surface area contributed by atoms with Crippen molar-refractivity contribution in [3.05, 3.63) is 61.0 Å². The average molecular weight is 514 g/mol. The first-order valence-corrected chi connectivity index (χ1v) is 13.8. The summed E-state index contributed by atoms with van der Waals surface area (Å²) in [6, 6.07) is 13.0. The molecule has 1 fully saturated rings. The second-order valence-electron chi connectivity index (χ2n) is 7.85. The number of fused-ring (bicyclic) bond motifs is 3. The van der Waals surface area contributed by atoms with Crippen LogP contribution in [0, 0.1) is 0 Å². The molecule has 0 N–H and O–H groups in total. The third kappa shape index (κ3) is 4.64. The Kier molecular flexibility index (Phi) is 7.45. The van der Waals surface area contributed by atoms with E-state index in [1.807, 2.05) is 4.57 Å². The van der Waals surface area contributed by atoms with E-state index in [0.717, 1.165) is 40.0 Å². The molecular formula is C25H27N3O3S3. The van der Waals surface area contributed by atoms with Gasteiger partial charge in [0.05, 0.1) is 16.5 Å². The van der Waals surface area contributed by atoms with Gasteiger partial charge in [-0.25, -0.2) is 0 Å². The van der Waals surface area contributed by atoms with Gasteiger partial charge in [0.15, 0.2) is 0 Å². The third-order valence-electron chi connectivity index (χ3n) is 5.61. The van der Waals surface area contributed by atoms with Gasteiger partial charge in [0.25, 0.3) is 10.6 Å². The maximum absolute atomic E-state index is 13.1. The number of hydrogen-bond donors (Lipinski definition) is 0. The van der Waals surface area contributed by atoms with E-state index in [4.69, 9.17) is 9.90 Å². The summed E-state index contributed by atoms with van der Waals surface area (Å²) in [6.07, 6.45) is 2.21. The standard InChI is InChI=1S/C23H24N3OS3.C2H4O2/c1-4-25-18(29-17-11-10-15-8-6-7-9-16(15)20(17)25)14-19-26(5-2)22(27)21(30-19)23-24(3)12-13-28-23;1-2(3)4/h6-11,14H,4-5,12-13H2,1-3H3;1H3,(H,3,4)/q+1;/p-1/b23-21+;. The summed E-state index contributed by atoms with van der Waals surface area (Å²) in [5.74, 6) is -0.0342. The highest BCUT2D eigenvalue weighted by atomic mass is 32.2. The van der Waals surface area contributed by atoms with Gasteiger partial charge in [-0.15, -0.1) is 23.1 Å². The lowest BCUT2D eigenvalue weighted by Crippen LogP contribution is -2.35. The first-order chi connectivity index (χ1) is 16.3. The molecule has 178 valence electrons. The van der Waals surface area contributed by atoms with Gasteiger partial charge in [-0.1, -0.05) is 35.6 Å². The lowest BCUT2D eigenvalue weighted by atomic mass is 10.1. The van der Waals surface area contributed by atoms with E-state index in [0.29, 0.717) is 6.54 Å². The summed E-state index contributed by atoms with van der Waals surface area (Å²) in [6.45, 7) is 7.80. The zero-order valence-electron chi connectivity index (χ0n) is 19.7. The van der Waals surface area contributed by atoms with Crippen molar-refractivity contribution in [3.8, 4) is 0 Å². The van der Waals surface area contributed by atoms with Crippen LogP contribution in [0.3, 0.4) is 0 Å². The SMILES string of the molecule is CC(=O)[O-].CCn1c(=O)/c(=C2\SCCN2C)s/c1=C\c1sc2ccc3ccccc3c2[n+]1CC. The minimum atomic E-state index is -1.08. The van der Waals surface area contributed by atoms with Crippen LogP contribution in [0.1, 0.15) is 25.8 Å². The molecule has 0 unspecified atom stereocenters. The summed E-state index contributed by atoms with van der Waals surface area (Å²) in [4.78, 5) is 24.2. The number of carboxylic acids is 1. The molecule has 2 aromatic heterocycles. The highest BCUT2D eigenvalue weighted by Gasteiger charge is 2.22. The van der Waals surface area contributed by atoms with Crippen molar-refractivity contribution < 1.29 is 14.5 Å². The largest absolute Gasteiger partial charge is 0.550 e. The summed E-state index contributed by atoms with van der Waals surface area (Å²) in [7, 11) is 2.08. The van der Waals surface area contributed by atoms with E-state index < -0.39 is 5.97 Å². The number of thioether (sulfide) groups is 1. The van der Waals surface area contributed by atoms with Crippen molar-refractivity contribution >= 4 is 72.5 Å². The Hall–Kier alpha value is -2.62. The molecule has 0 aliphatic carbocycles. The van der Waals surface area contributed by atoms with E-state index in [1.165, 1.54) is 26.0 Å². The smallest absolute Gasteiger partial charge is 0.271 e. The van der Waals surface area contributed by atoms with Gasteiger partial charge in [0, 0.05) is 31.9 Å². The number of carboxylic acid groups (broad SMARTS) is 1. The Morgan fingerprint density at radius 2 is 1.91 bits per heavy atom. The number of thiazole rings is 2. The molecule has 0 saturated carbocycles. The molecule has 6 nitrogen and oxygen atoms in total. The number of aryl methyl sites for hydroxylation is 1. The van der Waals surface area contributed by atoms with Crippen LogP contribution in [0.4, 0.5) is 0 Å². The van der Waals surface area contributed by atoms with Crippen LogP contribution in [0.2, 0.25) is 0 Å². The van der Waals surface area contributed by atoms with Gasteiger partial charge in [-0.3, -0.25) is 9.36 Å². The second kappa shape index (κ2) is 10.3. The predicted octanol–water partition coefficient (Wildman–Crippen LogP) is 1.93. The molecule has 0 spiro atoms. The van der Waals surface area contributed by atoms with Crippen LogP contribution >= 0.6 is 34.4 Å². The van der Waals surface area contributed by atoms with Crippen LogP contribution in [0.5, 0.6) is 0 Å². The van der Waals surface area contributed by atoms with Crippen molar-refractivity contribution in [1.82, 2.24) is 9.47 Å². The van der Waals surface area contributed by atoms with E-state index in [1.54, 1.807) is 34.4 Å². The summed E-state index contributed by atoms with van der Waals surface area (Å²) >= 11 is 5.22. The average Bonchev–Trinajstić information content (AvgIpc) is 3.48. The van der Waals surface area contributed by atoms with Crippen molar-refractivity contribution in [3.63, 3.8) is 0 Å². The molecule has 1 aliphatic rings. The van der Waals surface area contributed by atoms with Crippen LogP contribution in [-0.4, -0.2) is 34.8 Å². The van der Waals surface area contributed by atoms with Gasteiger partial charge in [-0.2, -0.15) is 4.57 Å². The number of carbonyl (C=O) groups excluding carboxylic acids is 1. The van der Waals surface area contributed by atoms with E-state index in [9.17, 15) is 4.79 Å². The Morgan fingerprint density at radius 1 is 1.18 bits per heavy atom. The lowest BCUT2D eigenvalue weighted by molar-refractivity contribution is -0.664. The Bertz CT molecular complexity index is 1540. The van der Waals surface area contributed by atoms with Crippen molar-refractivity contribution in [2.24, 2.45) is 0 Å². The molecule has 0 radical (unpaired) electrons. The molecule has 0 atom stereocenters. The third-order valence-corrected chi connectivity index (χ3v) is 9.13. The van der Waals surface area contributed by atoms with Gasteiger partial charge in [0.1, 0.15) is 20.4 Å². The summed E-state index contributed by atoms with van der Waals surface area (Å²) in [5, 5.41) is 13.7. The fraction of sp³-hybridized carbons (Fsp3) is 0.320. The monoisotopic (exact) mass is 513 g/mol. The number of rotatable bonds is 3. The highest BCUT2D eigenvalue weighted by Crippen LogP contribution is 2.28. The molecule has 4 aromatic rings. The molecule has 1 aliphatic heterocycles. The first-order valence-electron chi connectivity index (χ1n) is 11.2. The predicted molar refractivity (Wildman–Crippen MR) is 141 cm³/mol. The number of aliphatic carboxylic acids is 1. The van der Waals surface area contributed by atoms with Crippen LogP contribution < -0.4 is 24.4 Å². The molecule has 1 saturated heterocycles. The minimum Gasteiger partial charge on any atom is -0.550 e. The first kappa shape index (κ1) is 24.5. The number of hydrogen-bond acceptors (Lipinski definition) is 7. The summed E-state index contributed by atoms with van der Waals surface area (Å²) in [5.41, 5.74) is 1.43. The van der Waals surface area contributed by atoms with Crippen molar-refractivity contribution in [2.45, 2.75) is 33.9 Å². The fourth-order valence-electron chi connectivity index (χ4n) is 4.10. The van der Waals surface area contributed by atoms with E-state index in [2.05, 4.69) is 72.8 Å². The number of benzene rings is 2. The Labute approximate surface area is 210 Å². The number of aromatic nitrogens is 2. The molecule has 0 amide bonds. The zero-order chi connectivity index (χ0) is 24.4. The van der Waals surface area contributed by atoms with Crippen molar-refractivity contribution in [2.75, 3.05) is 19.3 Å². The molecule has 3 heterocycles. The molecule has 0 bridgehead atoms. The topological polar surface area (TPSA) is 69.2 Å². The van der Waals surface area contributed by atoms with Crippen molar-refractivity contribution in [1.29, 1.82) is 0 Å². The number of carbonyl (C=O) groups is 1. The van der Waals surface area contributed by atoms with Gasteiger partial charge < -0.3 is 14.8 Å². The van der Waals surface area contributed by atoms with Gasteiger partial charge >= 0.3 is 0 Å². The Balaban J connectivity index is 0.000000636. The lowest BCUT2D eigenvalue weighted by Gasteiger charge is -2.08. The highest BCUT2D eigenvalue weighted by molar-refractivity contribution is 8.08. The van der Waals surface area contributed by atoms with Gasteiger partial charge in [0.2, 0.25) is 5.52 Å². The van der Waals surface area contributed by atoms with Gasteiger partial charge in [-0.05, 0) is 38.3 Å². The molecule has 5 rings (SSSR count). The van der Waals surface area contributed by atoms with E-state index in [-0.39, 0.29) is 5.56 Å². The fourth-order valence-corrected chi connectivity index (χ4v) is 7.89. The summed E-state index contributed by atoms with van der Waals surface area (Å²) < 4.78 is 7.49. The Morgan fingerprint density at radius 3 is 2.56 bits per heavy atom. The normalized spacial score (nSPS) is 15.8. The van der Waals surface area contributed by atoms with Crippen LogP contribution in [-0.2, 0) is 17.9 Å². The van der Waals surface area contributed by atoms with Crippen LogP contribution in [0.15, 0.2) is 41.2 Å². The molecule has 9 heteroatoms. The van der Waals surface area contributed by atoms with Crippen LogP contribution in [0.25, 0.3) is 32.1 Å².